The van der Waals surface area contributed by atoms with E-state index in [0.29, 0.717) is 32.2 Å². The van der Waals surface area contributed by atoms with Gasteiger partial charge in [-0.25, -0.2) is 4.98 Å². The monoisotopic (exact) mass is 332 g/mol. The molecule has 0 N–H and O–H groups in total. The summed E-state index contributed by atoms with van der Waals surface area (Å²) in [6.07, 6.45) is 2.98. The van der Waals surface area contributed by atoms with E-state index >= 15 is 0 Å². The summed E-state index contributed by atoms with van der Waals surface area (Å²) in [4.78, 5) is 23.6. The first-order chi connectivity index (χ1) is 11.7. The molecule has 3 heterocycles. The minimum atomic E-state index is 0.0772. The maximum absolute atomic E-state index is 12.6. The fraction of sp³-hybridized carbons (Fsp3) is 0.667. The fourth-order valence-electron chi connectivity index (χ4n) is 3.54. The summed E-state index contributed by atoms with van der Waals surface area (Å²) in [6, 6.07) is 3.73. The Balaban J connectivity index is 1.62. The largest absolute Gasteiger partial charge is 0.378 e. The van der Waals surface area contributed by atoms with Crippen LogP contribution in [0.5, 0.6) is 0 Å². The molecular weight excluding hydrogens is 304 g/mol. The van der Waals surface area contributed by atoms with Crippen molar-refractivity contribution in [2.45, 2.75) is 13.3 Å². The van der Waals surface area contributed by atoms with Crippen LogP contribution < -0.4 is 4.90 Å². The van der Waals surface area contributed by atoms with Gasteiger partial charge in [-0.1, -0.05) is 6.92 Å². The number of amides is 1. The molecule has 2 saturated heterocycles. The van der Waals surface area contributed by atoms with Crippen LogP contribution in [0.2, 0.25) is 0 Å². The zero-order valence-corrected chi connectivity index (χ0v) is 14.8. The van der Waals surface area contributed by atoms with Crippen molar-refractivity contribution in [1.29, 1.82) is 0 Å². The molecule has 1 amide bonds. The number of likely N-dealkylation sites (tertiary alicyclic amines) is 1. The number of hydrogen-bond acceptors (Lipinski definition) is 5. The second-order valence-electron chi connectivity index (χ2n) is 6.74. The van der Waals surface area contributed by atoms with Gasteiger partial charge in [0.1, 0.15) is 5.82 Å². The summed E-state index contributed by atoms with van der Waals surface area (Å²) in [6.45, 7) is 9.27. The summed E-state index contributed by atoms with van der Waals surface area (Å²) < 4.78 is 5.32. The van der Waals surface area contributed by atoms with E-state index in [0.717, 1.165) is 31.0 Å². The van der Waals surface area contributed by atoms with Crippen LogP contribution in [-0.4, -0.2) is 80.2 Å². The van der Waals surface area contributed by atoms with Crippen molar-refractivity contribution >= 4 is 11.7 Å². The Morgan fingerprint density at radius 2 is 2.17 bits per heavy atom. The number of nitrogens with zero attached hydrogens (tertiary/aromatic N) is 4. The van der Waals surface area contributed by atoms with Crippen molar-refractivity contribution in [2.24, 2.45) is 5.92 Å². The SMILES string of the molecule is CCN1CCC(CN(C)c2cc(C(=O)N3CCOCC3)ccn2)C1. The molecule has 3 rings (SSSR count). The molecule has 0 bridgehead atoms. The molecular formula is C18H28N4O2. The molecule has 1 atom stereocenters. The summed E-state index contributed by atoms with van der Waals surface area (Å²) in [5.74, 6) is 1.63. The Morgan fingerprint density at radius 3 is 2.88 bits per heavy atom. The Kier molecular flexibility index (Phi) is 5.68. The van der Waals surface area contributed by atoms with Gasteiger partial charge in [-0.05, 0) is 37.6 Å². The first kappa shape index (κ1) is 17.2. The molecule has 2 aliphatic heterocycles. The average molecular weight is 332 g/mol. The maximum atomic E-state index is 12.6. The van der Waals surface area contributed by atoms with Gasteiger partial charge in [0.15, 0.2) is 0 Å². The molecule has 2 fully saturated rings. The Bertz CT molecular complexity index is 560. The van der Waals surface area contributed by atoms with E-state index in [2.05, 4.69) is 28.8 Å². The lowest BCUT2D eigenvalue weighted by atomic mass is 10.1. The van der Waals surface area contributed by atoms with Gasteiger partial charge in [0, 0.05) is 45.0 Å². The number of carbonyl (C=O) groups excluding carboxylic acids is 1. The number of anilines is 1. The molecule has 0 spiro atoms. The summed E-state index contributed by atoms with van der Waals surface area (Å²) in [5.41, 5.74) is 0.718. The third-order valence-electron chi connectivity index (χ3n) is 5.03. The van der Waals surface area contributed by atoms with Gasteiger partial charge in [0.25, 0.3) is 5.91 Å². The summed E-state index contributed by atoms with van der Waals surface area (Å²) in [7, 11) is 2.07. The molecule has 6 heteroatoms. The topological polar surface area (TPSA) is 48.9 Å². The van der Waals surface area contributed by atoms with Crippen LogP contribution in [0.1, 0.15) is 23.7 Å². The highest BCUT2D eigenvalue weighted by molar-refractivity contribution is 5.94. The van der Waals surface area contributed by atoms with E-state index in [1.807, 2.05) is 17.0 Å². The molecule has 0 aromatic carbocycles. The summed E-state index contributed by atoms with van der Waals surface area (Å²) in [5, 5.41) is 0. The number of rotatable bonds is 5. The minimum Gasteiger partial charge on any atom is -0.378 e. The molecule has 2 aliphatic rings. The quantitative estimate of drug-likeness (QED) is 0.814. The van der Waals surface area contributed by atoms with Crippen LogP contribution in [0.3, 0.4) is 0 Å². The average Bonchev–Trinajstić information content (AvgIpc) is 3.09. The third kappa shape index (κ3) is 4.05. The van der Waals surface area contributed by atoms with Crippen LogP contribution in [0.4, 0.5) is 5.82 Å². The Labute approximate surface area is 144 Å². The molecule has 0 saturated carbocycles. The summed E-state index contributed by atoms with van der Waals surface area (Å²) >= 11 is 0. The molecule has 132 valence electrons. The molecule has 1 aromatic rings. The van der Waals surface area contributed by atoms with E-state index in [-0.39, 0.29) is 5.91 Å². The van der Waals surface area contributed by atoms with Crippen molar-refractivity contribution in [1.82, 2.24) is 14.8 Å². The Hall–Kier alpha value is -1.66. The fourth-order valence-corrected chi connectivity index (χ4v) is 3.54. The van der Waals surface area contributed by atoms with E-state index in [1.165, 1.54) is 13.0 Å². The van der Waals surface area contributed by atoms with E-state index < -0.39 is 0 Å². The molecule has 0 aliphatic carbocycles. The van der Waals surface area contributed by atoms with Gasteiger partial charge >= 0.3 is 0 Å². The molecule has 24 heavy (non-hydrogen) atoms. The van der Waals surface area contributed by atoms with Crippen LogP contribution in [-0.2, 0) is 4.74 Å². The van der Waals surface area contributed by atoms with Crippen LogP contribution in [0.25, 0.3) is 0 Å². The first-order valence-corrected chi connectivity index (χ1v) is 8.94. The lowest BCUT2D eigenvalue weighted by Crippen LogP contribution is -2.40. The number of morpholine rings is 1. The number of aromatic nitrogens is 1. The van der Waals surface area contributed by atoms with Crippen molar-refractivity contribution in [3.63, 3.8) is 0 Å². The van der Waals surface area contributed by atoms with Crippen LogP contribution in [0, 0.1) is 5.92 Å². The highest BCUT2D eigenvalue weighted by Gasteiger charge is 2.23. The van der Waals surface area contributed by atoms with Gasteiger partial charge in [-0.15, -0.1) is 0 Å². The molecule has 6 nitrogen and oxygen atoms in total. The normalized spacial score (nSPS) is 21.9. The van der Waals surface area contributed by atoms with Crippen LogP contribution >= 0.6 is 0 Å². The van der Waals surface area contributed by atoms with Gasteiger partial charge in [0.05, 0.1) is 13.2 Å². The molecule has 0 radical (unpaired) electrons. The van der Waals surface area contributed by atoms with Crippen molar-refractivity contribution in [3.8, 4) is 0 Å². The predicted molar refractivity (Wildman–Crippen MR) is 94.5 cm³/mol. The number of ether oxygens (including phenoxy) is 1. The maximum Gasteiger partial charge on any atom is 0.254 e. The van der Waals surface area contributed by atoms with Gasteiger partial charge in [-0.3, -0.25) is 4.79 Å². The lowest BCUT2D eigenvalue weighted by molar-refractivity contribution is 0.0303. The first-order valence-electron chi connectivity index (χ1n) is 8.94. The third-order valence-corrected chi connectivity index (χ3v) is 5.03. The van der Waals surface area contributed by atoms with Gasteiger partial charge in [0.2, 0.25) is 0 Å². The smallest absolute Gasteiger partial charge is 0.254 e. The molecule has 1 unspecified atom stereocenters. The second-order valence-corrected chi connectivity index (χ2v) is 6.74. The van der Waals surface area contributed by atoms with Crippen molar-refractivity contribution in [2.75, 3.05) is 64.4 Å². The minimum absolute atomic E-state index is 0.0772. The molecule has 1 aromatic heterocycles. The highest BCUT2D eigenvalue weighted by atomic mass is 16.5. The van der Waals surface area contributed by atoms with E-state index in [1.54, 1.807) is 6.20 Å². The number of hydrogen-bond donors (Lipinski definition) is 0. The van der Waals surface area contributed by atoms with E-state index in [4.69, 9.17) is 4.74 Å². The zero-order chi connectivity index (χ0) is 16.9. The van der Waals surface area contributed by atoms with Crippen LogP contribution in [0.15, 0.2) is 18.3 Å². The van der Waals surface area contributed by atoms with E-state index in [9.17, 15) is 4.79 Å². The predicted octanol–water partition coefficient (Wildman–Crippen LogP) is 1.33. The standard InChI is InChI=1S/C18H28N4O2/c1-3-21-7-5-15(14-21)13-20(2)17-12-16(4-6-19-17)18(23)22-8-10-24-11-9-22/h4,6,12,15H,3,5,7-11,13-14H2,1-2H3. The van der Waals surface area contributed by atoms with Gasteiger partial charge in [-0.2, -0.15) is 0 Å². The van der Waals surface area contributed by atoms with Crippen molar-refractivity contribution in [3.05, 3.63) is 23.9 Å². The highest BCUT2D eigenvalue weighted by Crippen LogP contribution is 2.20. The lowest BCUT2D eigenvalue weighted by Gasteiger charge is -2.27. The second kappa shape index (κ2) is 7.94. The van der Waals surface area contributed by atoms with Gasteiger partial charge < -0.3 is 19.4 Å². The number of pyridine rings is 1. The zero-order valence-electron chi connectivity index (χ0n) is 14.8. The number of carbonyl (C=O) groups is 1. The Morgan fingerprint density at radius 1 is 1.38 bits per heavy atom. The van der Waals surface area contributed by atoms with Crippen molar-refractivity contribution < 1.29 is 9.53 Å².